The molecule has 0 aliphatic rings. The first-order valence-corrected chi connectivity index (χ1v) is 7.67. The van der Waals surface area contributed by atoms with E-state index < -0.39 is 0 Å². The number of hydrogen-bond acceptors (Lipinski definition) is 3. The highest BCUT2D eigenvalue weighted by atomic mass is 32.1. The van der Waals surface area contributed by atoms with Crippen LogP contribution in [0.2, 0.25) is 0 Å². The molecule has 106 valence electrons. The number of nitrogens with one attached hydrogen (secondary N) is 1. The van der Waals surface area contributed by atoms with Crippen molar-refractivity contribution in [3.8, 4) is 0 Å². The van der Waals surface area contributed by atoms with Crippen LogP contribution in [-0.4, -0.2) is 23.9 Å². The molecule has 1 amide bonds. The molecule has 0 aliphatic heterocycles. The van der Waals surface area contributed by atoms with Gasteiger partial charge in [-0.15, -0.1) is 11.3 Å². The Bertz CT molecular complexity index is 551. The fourth-order valence-corrected chi connectivity index (χ4v) is 2.75. The normalized spacial score (nSPS) is 10.8. The molecule has 3 nitrogen and oxygen atoms in total. The van der Waals surface area contributed by atoms with Gasteiger partial charge in [0.15, 0.2) is 0 Å². The van der Waals surface area contributed by atoms with Gasteiger partial charge in [-0.1, -0.05) is 31.2 Å². The van der Waals surface area contributed by atoms with Gasteiger partial charge >= 0.3 is 0 Å². The van der Waals surface area contributed by atoms with E-state index in [4.69, 9.17) is 0 Å². The highest BCUT2D eigenvalue weighted by Crippen LogP contribution is 2.14. The Morgan fingerprint density at radius 3 is 2.70 bits per heavy atom. The van der Waals surface area contributed by atoms with E-state index in [1.54, 1.807) is 11.3 Å². The van der Waals surface area contributed by atoms with Crippen LogP contribution in [0.4, 0.5) is 5.69 Å². The van der Waals surface area contributed by atoms with Gasteiger partial charge in [0.05, 0.1) is 6.54 Å². The quantitative estimate of drug-likeness (QED) is 0.882. The van der Waals surface area contributed by atoms with E-state index in [0.29, 0.717) is 6.54 Å². The molecule has 0 bridgehead atoms. The second-order valence-corrected chi connectivity index (χ2v) is 5.78. The first kappa shape index (κ1) is 14.8. The summed E-state index contributed by atoms with van der Waals surface area (Å²) in [7, 11) is 0. The molecule has 1 heterocycles. The second kappa shape index (κ2) is 7.22. The van der Waals surface area contributed by atoms with E-state index in [2.05, 4.69) is 28.6 Å². The van der Waals surface area contributed by atoms with Crippen LogP contribution in [0.5, 0.6) is 0 Å². The topological polar surface area (TPSA) is 32.3 Å². The van der Waals surface area contributed by atoms with Crippen LogP contribution in [0.3, 0.4) is 0 Å². The number of likely N-dealkylation sites (N-methyl/N-ethyl adjacent to an activating group) is 1. The summed E-state index contributed by atoms with van der Waals surface area (Å²) in [5.41, 5.74) is 1.98. The largest absolute Gasteiger partial charge is 0.325 e. The lowest BCUT2D eigenvalue weighted by molar-refractivity contribution is -0.117. The van der Waals surface area contributed by atoms with Crippen LogP contribution in [0, 0.1) is 6.92 Å². The Hall–Kier alpha value is -1.65. The molecule has 1 aromatic carbocycles. The molecule has 0 unspecified atom stereocenters. The van der Waals surface area contributed by atoms with Gasteiger partial charge in [0, 0.05) is 17.1 Å². The molecule has 2 aromatic rings. The zero-order chi connectivity index (χ0) is 14.4. The van der Waals surface area contributed by atoms with Crippen LogP contribution in [0.1, 0.15) is 17.4 Å². The van der Waals surface area contributed by atoms with E-state index in [-0.39, 0.29) is 5.91 Å². The highest BCUT2D eigenvalue weighted by molar-refractivity contribution is 7.09. The number of amides is 1. The van der Waals surface area contributed by atoms with Gasteiger partial charge < -0.3 is 5.32 Å². The Morgan fingerprint density at radius 1 is 1.25 bits per heavy atom. The summed E-state index contributed by atoms with van der Waals surface area (Å²) in [6.45, 7) is 6.19. The number of aryl methyl sites for hydroxylation is 1. The number of nitrogens with zero attached hydrogens (tertiary/aromatic N) is 1. The fraction of sp³-hybridized carbons (Fsp3) is 0.312. The molecular formula is C16H20N2OS. The molecule has 0 atom stereocenters. The summed E-state index contributed by atoms with van der Waals surface area (Å²) in [6.07, 6.45) is 0. The van der Waals surface area contributed by atoms with Crippen molar-refractivity contribution >= 4 is 22.9 Å². The lowest BCUT2D eigenvalue weighted by Gasteiger charge is -2.19. The number of rotatable bonds is 6. The molecule has 0 saturated carbocycles. The average molecular weight is 288 g/mol. The van der Waals surface area contributed by atoms with Crippen LogP contribution in [0.15, 0.2) is 41.8 Å². The lowest BCUT2D eigenvalue weighted by atomic mass is 10.2. The van der Waals surface area contributed by atoms with Crippen LogP contribution in [0.25, 0.3) is 0 Å². The number of anilines is 1. The molecule has 0 fully saturated rings. The van der Waals surface area contributed by atoms with Gasteiger partial charge in [0.25, 0.3) is 0 Å². The molecule has 20 heavy (non-hydrogen) atoms. The van der Waals surface area contributed by atoms with E-state index in [1.165, 1.54) is 4.88 Å². The molecule has 0 aliphatic carbocycles. The van der Waals surface area contributed by atoms with Crippen molar-refractivity contribution in [3.05, 3.63) is 52.2 Å². The van der Waals surface area contributed by atoms with Crippen molar-refractivity contribution in [2.24, 2.45) is 0 Å². The number of carbonyl (C=O) groups excluding carboxylic acids is 1. The predicted octanol–water partition coefficient (Wildman–Crippen LogP) is 3.52. The summed E-state index contributed by atoms with van der Waals surface area (Å²) in [6, 6.07) is 12.0. The van der Waals surface area contributed by atoms with Crippen LogP contribution in [-0.2, 0) is 11.3 Å². The Kier molecular flexibility index (Phi) is 5.32. The zero-order valence-electron chi connectivity index (χ0n) is 11.9. The molecule has 0 saturated heterocycles. The third kappa shape index (κ3) is 4.18. The monoisotopic (exact) mass is 288 g/mol. The minimum Gasteiger partial charge on any atom is -0.325 e. The van der Waals surface area contributed by atoms with E-state index in [0.717, 1.165) is 24.3 Å². The second-order valence-electron chi connectivity index (χ2n) is 4.75. The maximum Gasteiger partial charge on any atom is 0.238 e. The van der Waals surface area contributed by atoms with Crippen molar-refractivity contribution in [3.63, 3.8) is 0 Å². The average Bonchev–Trinajstić information content (AvgIpc) is 2.93. The summed E-state index contributed by atoms with van der Waals surface area (Å²) in [5, 5.41) is 5.04. The maximum atomic E-state index is 12.1. The van der Waals surface area contributed by atoms with Gasteiger partial charge in [-0.05, 0) is 36.5 Å². The third-order valence-corrected chi connectivity index (χ3v) is 4.05. The van der Waals surface area contributed by atoms with E-state index in [9.17, 15) is 4.79 Å². The SMILES string of the molecule is CCN(CC(=O)Nc1ccccc1C)Cc1cccs1. The Balaban J connectivity index is 1.91. The molecule has 4 heteroatoms. The molecule has 1 N–H and O–H groups in total. The summed E-state index contributed by atoms with van der Waals surface area (Å²) >= 11 is 1.73. The first-order valence-electron chi connectivity index (χ1n) is 6.79. The molecule has 1 aromatic heterocycles. The van der Waals surface area contributed by atoms with Gasteiger partial charge in [0.1, 0.15) is 0 Å². The predicted molar refractivity (Wildman–Crippen MR) is 85.1 cm³/mol. The van der Waals surface area contributed by atoms with Gasteiger partial charge in [-0.2, -0.15) is 0 Å². The lowest BCUT2D eigenvalue weighted by Crippen LogP contribution is -2.32. The molecular weight excluding hydrogens is 268 g/mol. The Labute approximate surface area is 124 Å². The minimum atomic E-state index is 0.0395. The first-order chi connectivity index (χ1) is 9.69. The van der Waals surface area contributed by atoms with Crippen molar-refractivity contribution < 1.29 is 4.79 Å². The van der Waals surface area contributed by atoms with Crippen molar-refractivity contribution in [2.45, 2.75) is 20.4 Å². The molecule has 2 rings (SSSR count). The minimum absolute atomic E-state index is 0.0395. The number of carbonyl (C=O) groups is 1. The highest BCUT2D eigenvalue weighted by Gasteiger charge is 2.11. The summed E-state index contributed by atoms with van der Waals surface area (Å²) in [4.78, 5) is 15.5. The number of hydrogen-bond donors (Lipinski definition) is 1. The number of benzene rings is 1. The molecule has 0 radical (unpaired) electrons. The van der Waals surface area contributed by atoms with Gasteiger partial charge in [0.2, 0.25) is 5.91 Å². The van der Waals surface area contributed by atoms with Gasteiger partial charge in [-0.25, -0.2) is 0 Å². The Morgan fingerprint density at radius 2 is 2.05 bits per heavy atom. The van der Waals surface area contributed by atoms with E-state index >= 15 is 0 Å². The number of para-hydroxylation sites is 1. The smallest absolute Gasteiger partial charge is 0.238 e. The standard InChI is InChI=1S/C16H20N2OS/c1-3-18(11-14-8-6-10-20-14)12-16(19)17-15-9-5-4-7-13(15)2/h4-10H,3,11-12H2,1-2H3,(H,17,19). The van der Waals surface area contributed by atoms with Crippen LogP contribution >= 0.6 is 11.3 Å². The summed E-state index contributed by atoms with van der Waals surface area (Å²) in [5.74, 6) is 0.0395. The zero-order valence-corrected chi connectivity index (χ0v) is 12.7. The number of thiophene rings is 1. The maximum absolute atomic E-state index is 12.1. The van der Waals surface area contributed by atoms with Crippen molar-refractivity contribution in [1.82, 2.24) is 4.90 Å². The summed E-state index contributed by atoms with van der Waals surface area (Å²) < 4.78 is 0. The molecule has 0 spiro atoms. The van der Waals surface area contributed by atoms with Crippen LogP contribution < -0.4 is 5.32 Å². The van der Waals surface area contributed by atoms with Gasteiger partial charge in [-0.3, -0.25) is 9.69 Å². The fourth-order valence-electron chi connectivity index (χ4n) is 2.01. The third-order valence-electron chi connectivity index (χ3n) is 3.19. The van der Waals surface area contributed by atoms with E-state index in [1.807, 2.05) is 37.3 Å². The van der Waals surface area contributed by atoms with Crippen molar-refractivity contribution in [2.75, 3.05) is 18.4 Å². The van der Waals surface area contributed by atoms with Crippen molar-refractivity contribution in [1.29, 1.82) is 0 Å².